The molecule has 0 unspecified atom stereocenters. The minimum atomic E-state index is -0.622. The first kappa shape index (κ1) is 11.6. The summed E-state index contributed by atoms with van der Waals surface area (Å²) in [5.74, 6) is 0.341. The summed E-state index contributed by atoms with van der Waals surface area (Å²) in [5.41, 5.74) is 0.456. The predicted octanol–water partition coefficient (Wildman–Crippen LogP) is 2.24. The Bertz CT molecular complexity index is 338. The smallest absolute Gasteiger partial charge is 0.0948 e. The Morgan fingerprint density at radius 3 is 2.69 bits per heavy atom. The Balaban J connectivity index is 2.29. The number of aliphatic hydroxyl groups is 1. The molecule has 16 heavy (non-hydrogen) atoms. The van der Waals surface area contributed by atoms with Gasteiger partial charge in [0.1, 0.15) is 0 Å². The van der Waals surface area contributed by atoms with Gasteiger partial charge in [-0.2, -0.15) is 0 Å². The van der Waals surface area contributed by atoms with E-state index < -0.39 is 5.60 Å². The number of rotatable bonds is 2. The van der Waals surface area contributed by atoms with Crippen LogP contribution in [0.1, 0.15) is 25.3 Å². The molecular weight excluding hydrogens is 198 g/mol. The summed E-state index contributed by atoms with van der Waals surface area (Å²) < 4.78 is 0. The zero-order chi connectivity index (χ0) is 11.6. The molecule has 1 aliphatic heterocycles. The van der Waals surface area contributed by atoms with Crippen LogP contribution in [0.5, 0.6) is 0 Å². The maximum Gasteiger partial charge on any atom is 0.0948 e. The molecule has 1 aromatic rings. The highest BCUT2D eigenvalue weighted by Crippen LogP contribution is 2.38. The van der Waals surface area contributed by atoms with E-state index in [0.717, 1.165) is 31.5 Å². The van der Waals surface area contributed by atoms with Crippen molar-refractivity contribution in [2.24, 2.45) is 5.92 Å². The maximum atomic E-state index is 10.9. The molecule has 2 heteroatoms. The lowest BCUT2D eigenvalue weighted by Gasteiger charge is -2.43. The molecule has 1 saturated heterocycles. The molecule has 1 fully saturated rings. The van der Waals surface area contributed by atoms with Crippen LogP contribution in [0.4, 0.5) is 0 Å². The van der Waals surface area contributed by atoms with Crippen molar-refractivity contribution < 1.29 is 5.11 Å². The van der Waals surface area contributed by atoms with Crippen molar-refractivity contribution >= 4 is 0 Å². The zero-order valence-electron chi connectivity index (χ0n) is 10.2. The van der Waals surface area contributed by atoms with E-state index in [9.17, 15) is 5.11 Å². The van der Waals surface area contributed by atoms with Gasteiger partial charge >= 0.3 is 0 Å². The van der Waals surface area contributed by atoms with Gasteiger partial charge < -0.3 is 10.0 Å². The van der Waals surface area contributed by atoms with E-state index in [1.54, 1.807) is 0 Å². The Morgan fingerprint density at radius 1 is 1.38 bits per heavy atom. The minimum Gasteiger partial charge on any atom is -0.385 e. The van der Waals surface area contributed by atoms with Crippen molar-refractivity contribution in [3.8, 4) is 0 Å². The number of piperidine rings is 1. The summed E-state index contributed by atoms with van der Waals surface area (Å²) in [5, 5.41) is 10.9. The van der Waals surface area contributed by atoms with Gasteiger partial charge in [0.2, 0.25) is 0 Å². The molecule has 0 aromatic heterocycles. The SMILES string of the molecule is CC[C@@H]1CN(C)CC[C@@]1(O)c1ccccc1. The molecule has 0 amide bonds. The number of hydrogen-bond donors (Lipinski definition) is 1. The third kappa shape index (κ3) is 2.00. The molecule has 0 saturated carbocycles. The van der Waals surface area contributed by atoms with Gasteiger partial charge in [0, 0.05) is 19.0 Å². The Hall–Kier alpha value is -0.860. The van der Waals surface area contributed by atoms with Crippen LogP contribution in [0.3, 0.4) is 0 Å². The highest BCUT2D eigenvalue weighted by atomic mass is 16.3. The summed E-state index contributed by atoms with van der Waals surface area (Å²) in [6, 6.07) is 10.1. The van der Waals surface area contributed by atoms with E-state index in [1.807, 2.05) is 30.3 Å². The molecule has 0 bridgehead atoms. The molecule has 0 spiro atoms. The van der Waals surface area contributed by atoms with Crippen LogP contribution in [-0.4, -0.2) is 30.1 Å². The normalized spacial score (nSPS) is 31.6. The van der Waals surface area contributed by atoms with E-state index in [-0.39, 0.29) is 0 Å². The number of nitrogens with zero attached hydrogens (tertiary/aromatic N) is 1. The Labute approximate surface area is 97.9 Å². The van der Waals surface area contributed by atoms with E-state index in [1.165, 1.54) is 0 Å². The first-order valence-corrected chi connectivity index (χ1v) is 6.13. The topological polar surface area (TPSA) is 23.5 Å². The molecule has 1 aromatic carbocycles. The first-order chi connectivity index (χ1) is 7.66. The quantitative estimate of drug-likeness (QED) is 0.824. The average molecular weight is 219 g/mol. The predicted molar refractivity (Wildman–Crippen MR) is 66.2 cm³/mol. The van der Waals surface area contributed by atoms with Crippen LogP contribution in [-0.2, 0) is 5.60 Å². The van der Waals surface area contributed by atoms with Gasteiger partial charge in [-0.25, -0.2) is 0 Å². The summed E-state index contributed by atoms with van der Waals surface area (Å²) >= 11 is 0. The molecule has 0 aliphatic carbocycles. The fourth-order valence-electron chi connectivity index (χ4n) is 2.76. The van der Waals surface area contributed by atoms with E-state index in [0.29, 0.717) is 5.92 Å². The molecule has 2 rings (SSSR count). The van der Waals surface area contributed by atoms with Crippen molar-refractivity contribution in [2.75, 3.05) is 20.1 Å². The van der Waals surface area contributed by atoms with Crippen LogP contribution in [0, 0.1) is 5.92 Å². The molecular formula is C14H21NO. The Kier molecular flexibility index (Phi) is 3.31. The van der Waals surface area contributed by atoms with Crippen molar-refractivity contribution in [2.45, 2.75) is 25.4 Å². The van der Waals surface area contributed by atoms with Gasteiger partial charge in [0.25, 0.3) is 0 Å². The second kappa shape index (κ2) is 4.56. The van der Waals surface area contributed by atoms with Gasteiger partial charge in [0.05, 0.1) is 5.60 Å². The highest BCUT2D eigenvalue weighted by molar-refractivity contribution is 5.24. The van der Waals surface area contributed by atoms with Gasteiger partial charge in [0.15, 0.2) is 0 Å². The van der Waals surface area contributed by atoms with Crippen LogP contribution >= 0.6 is 0 Å². The fourth-order valence-corrected chi connectivity index (χ4v) is 2.76. The second-order valence-corrected chi connectivity index (χ2v) is 4.91. The molecule has 88 valence electrons. The molecule has 0 radical (unpaired) electrons. The third-order valence-corrected chi connectivity index (χ3v) is 3.85. The van der Waals surface area contributed by atoms with Crippen LogP contribution in [0.15, 0.2) is 30.3 Å². The standard InChI is InChI=1S/C14H21NO/c1-3-12-11-15(2)10-9-14(12,16)13-7-5-4-6-8-13/h4-8,12,16H,3,9-11H2,1-2H3/t12-,14+/m1/s1. The average Bonchev–Trinajstić information content (AvgIpc) is 2.33. The van der Waals surface area contributed by atoms with Crippen LogP contribution in [0.25, 0.3) is 0 Å². The van der Waals surface area contributed by atoms with Crippen molar-refractivity contribution in [1.82, 2.24) is 4.90 Å². The molecule has 2 atom stereocenters. The van der Waals surface area contributed by atoms with Crippen molar-refractivity contribution in [3.05, 3.63) is 35.9 Å². The Morgan fingerprint density at radius 2 is 2.06 bits per heavy atom. The number of benzene rings is 1. The lowest BCUT2D eigenvalue weighted by molar-refractivity contribution is -0.0743. The third-order valence-electron chi connectivity index (χ3n) is 3.85. The number of likely N-dealkylation sites (tertiary alicyclic amines) is 1. The van der Waals surface area contributed by atoms with Gasteiger partial charge in [-0.3, -0.25) is 0 Å². The second-order valence-electron chi connectivity index (χ2n) is 4.91. The molecule has 1 aliphatic rings. The monoisotopic (exact) mass is 219 g/mol. The van der Waals surface area contributed by atoms with Crippen molar-refractivity contribution in [1.29, 1.82) is 0 Å². The largest absolute Gasteiger partial charge is 0.385 e. The lowest BCUT2D eigenvalue weighted by Crippen LogP contribution is -2.48. The molecule has 1 heterocycles. The summed E-state index contributed by atoms with van der Waals surface area (Å²) in [6.07, 6.45) is 1.86. The van der Waals surface area contributed by atoms with E-state index in [2.05, 4.69) is 18.9 Å². The number of hydrogen-bond acceptors (Lipinski definition) is 2. The van der Waals surface area contributed by atoms with Gasteiger partial charge in [-0.15, -0.1) is 0 Å². The van der Waals surface area contributed by atoms with Crippen molar-refractivity contribution in [3.63, 3.8) is 0 Å². The first-order valence-electron chi connectivity index (χ1n) is 6.13. The fraction of sp³-hybridized carbons (Fsp3) is 0.571. The minimum absolute atomic E-state index is 0.341. The highest BCUT2D eigenvalue weighted by Gasteiger charge is 2.40. The van der Waals surface area contributed by atoms with E-state index >= 15 is 0 Å². The van der Waals surface area contributed by atoms with Crippen LogP contribution < -0.4 is 0 Å². The summed E-state index contributed by atoms with van der Waals surface area (Å²) in [7, 11) is 2.13. The summed E-state index contributed by atoms with van der Waals surface area (Å²) in [4.78, 5) is 2.31. The summed E-state index contributed by atoms with van der Waals surface area (Å²) in [6.45, 7) is 4.13. The van der Waals surface area contributed by atoms with Gasteiger partial charge in [-0.05, 0) is 25.5 Å². The zero-order valence-corrected chi connectivity index (χ0v) is 10.2. The molecule has 2 nitrogen and oxygen atoms in total. The van der Waals surface area contributed by atoms with E-state index in [4.69, 9.17) is 0 Å². The van der Waals surface area contributed by atoms with Crippen LogP contribution in [0.2, 0.25) is 0 Å². The lowest BCUT2D eigenvalue weighted by atomic mass is 9.75. The van der Waals surface area contributed by atoms with Gasteiger partial charge in [-0.1, -0.05) is 37.3 Å². The molecule has 1 N–H and O–H groups in total. The maximum absolute atomic E-state index is 10.9.